The average Bonchev–Trinajstić information content (AvgIpc) is 3.09. The molecule has 128 valence electrons. The first-order chi connectivity index (χ1) is 12.2. The van der Waals surface area contributed by atoms with Gasteiger partial charge in [-0.15, -0.1) is 10.2 Å². The van der Waals surface area contributed by atoms with Crippen LogP contribution >= 0.6 is 23.4 Å². The fourth-order valence-corrected chi connectivity index (χ4v) is 2.84. The smallest absolute Gasteiger partial charge is 0.277 e. The second-order valence-corrected chi connectivity index (χ2v) is 6.28. The van der Waals surface area contributed by atoms with Crippen molar-refractivity contribution < 1.29 is 13.9 Å². The highest BCUT2D eigenvalue weighted by Crippen LogP contribution is 2.30. The van der Waals surface area contributed by atoms with Crippen LogP contribution in [-0.2, 0) is 4.79 Å². The van der Waals surface area contributed by atoms with Gasteiger partial charge in [0.2, 0.25) is 5.91 Å². The second-order valence-electron chi connectivity index (χ2n) is 4.92. The van der Waals surface area contributed by atoms with Crippen LogP contribution in [0.1, 0.15) is 0 Å². The largest absolute Gasteiger partial charge is 0.496 e. The van der Waals surface area contributed by atoms with Crippen molar-refractivity contribution in [1.82, 2.24) is 10.2 Å². The molecule has 1 aromatic heterocycles. The van der Waals surface area contributed by atoms with E-state index in [-0.39, 0.29) is 11.7 Å². The lowest BCUT2D eigenvalue weighted by molar-refractivity contribution is -0.113. The third kappa shape index (κ3) is 4.52. The molecular formula is C17H14ClN3O3S. The number of amides is 1. The SMILES string of the molecule is COc1ccccc1-c1nnc(SCC(=O)Nc2cccc(Cl)c2)o1. The number of carbonyl (C=O) groups excluding carboxylic acids is 1. The van der Waals surface area contributed by atoms with Gasteiger partial charge in [-0.3, -0.25) is 4.79 Å². The Labute approximate surface area is 153 Å². The molecule has 0 unspecified atom stereocenters. The summed E-state index contributed by atoms with van der Waals surface area (Å²) in [5.74, 6) is 0.931. The van der Waals surface area contributed by atoms with E-state index in [0.717, 1.165) is 11.8 Å². The van der Waals surface area contributed by atoms with Crippen LogP contribution in [-0.4, -0.2) is 29.0 Å². The number of nitrogens with one attached hydrogen (secondary N) is 1. The van der Waals surface area contributed by atoms with Gasteiger partial charge in [0, 0.05) is 10.7 Å². The van der Waals surface area contributed by atoms with Crippen LogP contribution in [0.2, 0.25) is 5.02 Å². The van der Waals surface area contributed by atoms with Gasteiger partial charge in [-0.25, -0.2) is 0 Å². The van der Waals surface area contributed by atoms with Gasteiger partial charge in [-0.2, -0.15) is 0 Å². The average molecular weight is 376 g/mol. The predicted octanol–water partition coefficient (Wildman–Crippen LogP) is 4.13. The van der Waals surface area contributed by atoms with Gasteiger partial charge in [0.05, 0.1) is 18.4 Å². The number of thioether (sulfide) groups is 1. The van der Waals surface area contributed by atoms with Gasteiger partial charge >= 0.3 is 0 Å². The normalized spacial score (nSPS) is 10.5. The van der Waals surface area contributed by atoms with E-state index in [1.807, 2.05) is 24.3 Å². The first kappa shape index (κ1) is 17.3. The van der Waals surface area contributed by atoms with E-state index in [1.54, 1.807) is 31.4 Å². The highest BCUT2D eigenvalue weighted by molar-refractivity contribution is 7.99. The summed E-state index contributed by atoms with van der Waals surface area (Å²) >= 11 is 7.04. The van der Waals surface area contributed by atoms with E-state index >= 15 is 0 Å². The lowest BCUT2D eigenvalue weighted by Gasteiger charge is -2.04. The third-order valence-electron chi connectivity index (χ3n) is 3.18. The van der Waals surface area contributed by atoms with Crippen molar-refractivity contribution in [3.05, 3.63) is 53.6 Å². The molecule has 25 heavy (non-hydrogen) atoms. The number of methoxy groups -OCH3 is 1. The molecule has 6 nitrogen and oxygen atoms in total. The number of hydrogen-bond acceptors (Lipinski definition) is 6. The van der Waals surface area contributed by atoms with E-state index in [1.165, 1.54) is 0 Å². The Kier molecular flexibility index (Phi) is 5.57. The summed E-state index contributed by atoms with van der Waals surface area (Å²) in [7, 11) is 1.57. The van der Waals surface area contributed by atoms with Gasteiger partial charge in [-0.05, 0) is 30.3 Å². The van der Waals surface area contributed by atoms with E-state index in [4.69, 9.17) is 20.8 Å². The fraction of sp³-hybridized carbons (Fsp3) is 0.118. The number of ether oxygens (including phenoxy) is 1. The summed E-state index contributed by atoms with van der Waals surface area (Å²) in [6.07, 6.45) is 0. The van der Waals surface area contributed by atoms with Crippen molar-refractivity contribution in [3.63, 3.8) is 0 Å². The quantitative estimate of drug-likeness (QED) is 0.653. The monoisotopic (exact) mass is 375 g/mol. The molecule has 0 aliphatic carbocycles. The maximum Gasteiger partial charge on any atom is 0.277 e. The molecule has 1 heterocycles. The Morgan fingerprint density at radius 3 is 2.88 bits per heavy atom. The molecule has 0 aliphatic heterocycles. The maximum atomic E-state index is 12.0. The Hall–Kier alpha value is -2.51. The molecule has 1 amide bonds. The summed E-state index contributed by atoms with van der Waals surface area (Å²) in [6, 6.07) is 14.3. The van der Waals surface area contributed by atoms with Gasteiger partial charge in [0.15, 0.2) is 0 Å². The molecule has 3 aromatic rings. The van der Waals surface area contributed by atoms with Gasteiger partial charge in [0.25, 0.3) is 11.1 Å². The van der Waals surface area contributed by atoms with Gasteiger partial charge in [-0.1, -0.05) is 41.6 Å². The van der Waals surface area contributed by atoms with Crippen molar-refractivity contribution in [3.8, 4) is 17.2 Å². The summed E-state index contributed by atoms with van der Waals surface area (Å²) in [6.45, 7) is 0. The number of rotatable bonds is 6. The van der Waals surface area contributed by atoms with E-state index in [0.29, 0.717) is 33.1 Å². The van der Waals surface area contributed by atoms with Crippen molar-refractivity contribution in [2.24, 2.45) is 0 Å². The molecule has 2 aromatic carbocycles. The molecule has 1 N–H and O–H groups in total. The minimum atomic E-state index is -0.190. The zero-order valence-corrected chi connectivity index (χ0v) is 14.8. The summed E-state index contributed by atoms with van der Waals surface area (Å²) in [5.41, 5.74) is 1.34. The maximum absolute atomic E-state index is 12.0. The molecule has 0 saturated heterocycles. The molecule has 0 spiro atoms. The van der Waals surface area contributed by atoms with Crippen molar-refractivity contribution >= 4 is 35.0 Å². The first-order valence-corrected chi connectivity index (χ1v) is 8.67. The zero-order valence-electron chi connectivity index (χ0n) is 13.2. The lowest BCUT2D eigenvalue weighted by atomic mass is 10.2. The molecule has 0 bridgehead atoms. The number of anilines is 1. The van der Waals surface area contributed by atoms with Crippen LogP contribution in [0, 0.1) is 0 Å². The van der Waals surface area contributed by atoms with Crippen LogP contribution in [0.5, 0.6) is 5.75 Å². The molecule has 0 radical (unpaired) electrons. The third-order valence-corrected chi connectivity index (χ3v) is 4.23. The molecule has 3 rings (SSSR count). The van der Waals surface area contributed by atoms with E-state index in [9.17, 15) is 4.79 Å². The van der Waals surface area contributed by atoms with Gasteiger partial charge < -0.3 is 14.5 Å². The highest BCUT2D eigenvalue weighted by atomic mass is 35.5. The van der Waals surface area contributed by atoms with Crippen LogP contribution in [0.4, 0.5) is 5.69 Å². The second kappa shape index (κ2) is 8.04. The number of para-hydroxylation sites is 1. The lowest BCUT2D eigenvalue weighted by Crippen LogP contribution is -2.13. The Balaban J connectivity index is 1.61. The van der Waals surface area contributed by atoms with Gasteiger partial charge in [0.1, 0.15) is 5.75 Å². The van der Waals surface area contributed by atoms with Crippen LogP contribution < -0.4 is 10.1 Å². The molecule has 0 atom stereocenters. The summed E-state index contributed by atoms with van der Waals surface area (Å²) in [5, 5.41) is 11.6. The Bertz CT molecular complexity index is 885. The zero-order chi connectivity index (χ0) is 17.6. The Morgan fingerprint density at radius 1 is 1.24 bits per heavy atom. The van der Waals surface area contributed by atoms with Crippen LogP contribution in [0.25, 0.3) is 11.5 Å². The van der Waals surface area contributed by atoms with Crippen molar-refractivity contribution in [2.75, 3.05) is 18.2 Å². The number of benzene rings is 2. The van der Waals surface area contributed by atoms with E-state index in [2.05, 4.69) is 15.5 Å². The molecule has 0 fully saturated rings. The number of nitrogens with zero attached hydrogens (tertiary/aromatic N) is 2. The summed E-state index contributed by atoms with van der Waals surface area (Å²) < 4.78 is 10.9. The van der Waals surface area contributed by atoms with Crippen molar-refractivity contribution in [2.45, 2.75) is 5.22 Å². The number of halogens is 1. The predicted molar refractivity (Wildman–Crippen MR) is 97.1 cm³/mol. The number of hydrogen-bond donors (Lipinski definition) is 1. The minimum absolute atomic E-state index is 0.139. The van der Waals surface area contributed by atoms with E-state index < -0.39 is 0 Å². The molecule has 8 heteroatoms. The van der Waals surface area contributed by atoms with Crippen molar-refractivity contribution in [1.29, 1.82) is 0 Å². The fourth-order valence-electron chi connectivity index (χ4n) is 2.09. The minimum Gasteiger partial charge on any atom is -0.496 e. The molecular weight excluding hydrogens is 362 g/mol. The summed E-state index contributed by atoms with van der Waals surface area (Å²) in [4.78, 5) is 12.0. The molecule has 0 aliphatic rings. The Morgan fingerprint density at radius 2 is 2.08 bits per heavy atom. The standard InChI is InChI=1S/C17H14ClN3O3S/c1-23-14-8-3-2-7-13(14)16-20-21-17(24-16)25-10-15(22)19-12-6-4-5-11(18)9-12/h2-9H,10H2,1H3,(H,19,22). The topological polar surface area (TPSA) is 77.2 Å². The molecule has 0 saturated carbocycles. The van der Waals surface area contributed by atoms with Crippen LogP contribution in [0.15, 0.2) is 58.2 Å². The number of aromatic nitrogens is 2. The highest BCUT2D eigenvalue weighted by Gasteiger charge is 2.14. The number of carbonyl (C=O) groups is 1. The van der Waals surface area contributed by atoms with Crippen LogP contribution in [0.3, 0.4) is 0 Å². The first-order valence-electron chi connectivity index (χ1n) is 7.31.